The largest absolute Gasteiger partial charge is 0.368 e. The summed E-state index contributed by atoms with van der Waals surface area (Å²) in [5.74, 6) is -1.50. The van der Waals surface area contributed by atoms with E-state index in [1.807, 2.05) is 30.3 Å². The number of nitrogens with two attached hydrogens (primary N) is 1. The highest BCUT2D eigenvalue weighted by atomic mass is 35.5. The van der Waals surface area contributed by atoms with E-state index in [1.165, 1.54) is 6.92 Å². The molecule has 0 unspecified atom stereocenters. The van der Waals surface area contributed by atoms with Gasteiger partial charge < -0.3 is 16.4 Å². The molecule has 2 aromatic rings. The van der Waals surface area contributed by atoms with Gasteiger partial charge in [0.15, 0.2) is 0 Å². The summed E-state index contributed by atoms with van der Waals surface area (Å²) < 4.78 is 0. The van der Waals surface area contributed by atoms with Crippen molar-refractivity contribution in [1.29, 1.82) is 0 Å². The fourth-order valence-electron chi connectivity index (χ4n) is 2.68. The fraction of sp³-hybridized carbons (Fsp3) is 0.250. The van der Waals surface area contributed by atoms with Gasteiger partial charge in [-0.3, -0.25) is 14.4 Å². The molecule has 4 N–H and O–H groups in total. The molecule has 142 valence electrons. The quantitative estimate of drug-likeness (QED) is 0.641. The zero-order valence-electron chi connectivity index (χ0n) is 14.9. The number of rotatable bonds is 8. The molecule has 0 saturated carbocycles. The van der Waals surface area contributed by atoms with E-state index in [1.54, 1.807) is 24.3 Å². The highest BCUT2D eigenvalue weighted by Gasteiger charge is 2.25. The predicted molar refractivity (Wildman–Crippen MR) is 104 cm³/mol. The minimum Gasteiger partial charge on any atom is -0.368 e. The van der Waals surface area contributed by atoms with Crippen molar-refractivity contribution in [3.63, 3.8) is 0 Å². The first-order valence-corrected chi connectivity index (χ1v) is 8.88. The number of halogens is 1. The predicted octanol–water partition coefficient (Wildman–Crippen LogP) is 1.60. The van der Waals surface area contributed by atoms with Gasteiger partial charge in [0, 0.05) is 24.8 Å². The Balaban J connectivity index is 2.13. The third kappa shape index (κ3) is 6.42. The van der Waals surface area contributed by atoms with Gasteiger partial charge in [0.2, 0.25) is 17.7 Å². The van der Waals surface area contributed by atoms with Crippen molar-refractivity contribution in [3.05, 3.63) is 70.7 Å². The maximum Gasteiger partial charge on any atom is 0.243 e. The van der Waals surface area contributed by atoms with Gasteiger partial charge in [0.05, 0.1) is 0 Å². The van der Waals surface area contributed by atoms with Gasteiger partial charge in [-0.25, -0.2) is 0 Å². The number of hydrogen-bond donors (Lipinski definition) is 3. The molecule has 27 heavy (non-hydrogen) atoms. The van der Waals surface area contributed by atoms with Crippen LogP contribution in [0.25, 0.3) is 0 Å². The Hall–Kier alpha value is -2.86. The lowest BCUT2D eigenvalue weighted by Gasteiger charge is -2.22. The molecule has 0 heterocycles. The van der Waals surface area contributed by atoms with E-state index in [0.29, 0.717) is 17.0 Å². The van der Waals surface area contributed by atoms with Crippen LogP contribution in [0.2, 0.25) is 5.02 Å². The van der Waals surface area contributed by atoms with E-state index in [-0.39, 0.29) is 12.3 Å². The van der Waals surface area contributed by atoms with Crippen molar-refractivity contribution in [2.75, 3.05) is 0 Å². The number of carbonyl (C=O) groups excluding carboxylic acids is 3. The molecule has 7 heteroatoms. The molecule has 2 rings (SSSR count). The number of amides is 3. The van der Waals surface area contributed by atoms with Crippen molar-refractivity contribution in [1.82, 2.24) is 10.6 Å². The summed E-state index contributed by atoms with van der Waals surface area (Å²) in [5, 5.41) is 5.74. The standard InChI is InChI=1S/C20H22ClN3O3/c1-13(25)23-18(11-14-7-3-2-4-8-14)20(27)24-17(19(22)26)12-15-9-5-6-10-16(15)21/h2-10,17-18H,11-12H2,1H3,(H2,22,26)(H,23,25)(H,24,27)/t17-,18+/m1/s1. The highest BCUT2D eigenvalue weighted by Crippen LogP contribution is 2.16. The van der Waals surface area contributed by atoms with Gasteiger partial charge in [-0.15, -0.1) is 0 Å². The van der Waals surface area contributed by atoms with Gasteiger partial charge in [-0.05, 0) is 17.2 Å². The minimum absolute atomic E-state index is 0.166. The van der Waals surface area contributed by atoms with Crippen molar-refractivity contribution in [2.45, 2.75) is 31.8 Å². The average Bonchev–Trinajstić information content (AvgIpc) is 2.62. The van der Waals surface area contributed by atoms with Gasteiger partial charge in [0.1, 0.15) is 12.1 Å². The molecule has 3 amide bonds. The molecule has 0 saturated heterocycles. The second-order valence-corrected chi connectivity index (χ2v) is 6.61. The van der Waals surface area contributed by atoms with Crippen LogP contribution in [0.1, 0.15) is 18.1 Å². The Bertz CT molecular complexity index is 811. The molecule has 0 radical (unpaired) electrons. The monoisotopic (exact) mass is 387 g/mol. The fourth-order valence-corrected chi connectivity index (χ4v) is 2.90. The van der Waals surface area contributed by atoms with E-state index in [2.05, 4.69) is 10.6 Å². The number of hydrogen-bond acceptors (Lipinski definition) is 3. The first-order chi connectivity index (χ1) is 12.9. The van der Waals surface area contributed by atoms with Crippen molar-refractivity contribution < 1.29 is 14.4 Å². The third-order valence-electron chi connectivity index (χ3n) is 4.02. The first-order valence-electron chi connectivity index (χ1n) is 8.51. The van der Waals surface area contributed by atoms with Crippen LogP contribution in [0.3, 0.4) is 0 Å². The molecule has 2 aromatic carbocycles. The second-order valence-electron chi connectivity index (χ2n) is 6.20. The summed E-state index contributed by atoms with van der Waals surface area (Å²) in [6, 6.07) is 14.5. The Morgan fingerprint density at radius 1 is 0.926 bits per heavy atom. The number of nitrogens with one attached hydrogen (secondary N) is 2. The normalized spacial score (nSPS) is 12.7. The van der Waals surface area contributed by atoms with Crippen LogP contribution in [0, 0.1) is 0 Å². The Labute approximate surface area is 163 Å². The highest BCUT2D eigenvalue weighted by molar-refractivity contribution is 6.31. The van der Waals surface area contributed by atoms with Crippen molar-refractivity contribution in [2.24, 2.45) is 5.73 Å². The lowest BCUT2D eigenvalue weighted by Crippen LogP contribution is -2.54. The smallest absolute Gasteiger partial charge is 0.243 e. The summed E-state index contributed by atoms with van der Waals surface area (Å²) in [5.41, 5.74) is 7.03. The van der Waals surface area contributed by atoms with E-state index in [4.69, 9.17) is 17.3 Å². The van der Waals surface area contributed by atoms with Gasteiger partial charge in [0.25, 0.3) is 0 Å². The minimum atomic E-state index is -0.940. The lowest BCUT2D eigenvalue weighted by molar-refractivity contribution is -0.130. The van der Waals surface area contributed by atoms with Crippen LogP contribution in [-0.2, 0) is 27.2 Å². The summed E-state index contributed by atoms with van der Waals surface area (Å²) in [4.78, 5) is 36.0. The maximum atomic E-state index is 12.7. The summed E-state index contributed by atoms with van der Waals surface area (Å²) in [7, 11) is 0. The van der Waals surface area contributed by atoms with E-state index in [9.17, 15) is 14.4 Å². The van der Waals surface area contributed by atoms with Crippen LogP contribution in [0.4, 0.5) is 0 Å². The topological polar surface area (TPSA) is 101 Å². The van der Waals surface area contributed by atoms with E-state index >= 15 is 0 Å². The van der Waals surface area contributed by atoms with E-state index in [0.717, 1.165) is 5.56 Å². The zero-order chi connectivity index (χ0) is 19.8. The van der Waals surface area contributed by atoms with Crippen LogP contribution < -0.4 is 16.4 Å². The first kappa shape index (κ1) is 20.5. The molecule has 6 nitrogen and oxygen atoms in total. The third-order valence-corrected chi connectivity index (χ3v) is 4.39. The molecular weight excluding hydrogens is 366 g/mol. The number of primary amides is 1. The number of benzene rings is 2. The second kappa shape index (κ2) is 9.73. The summed E-state index contributed by atoms with van der Waals surface area (Å²) >= 11 is 6.13. The lowest BCUT2D eigenvalue weighted by atomic mass is 10.0. The number of carbonyl (C=O) groups is 3. The Kier molecular flexibility index (Phi) is 7.37. The maximum absolute atomic E-state index is 12.7. The van der Waals surface area contributed by atoms with Gasteiger partial charge in [-0.1, -0.05) is 60.1 Å². The van der Waals surface area contributed by atoms with Gasteiger partial charge in [-0.2, -0.15) is 0 Å². The van der Waals surface area contributed by atoms with Crippen molar-refractivity contribution in [3.8, 4) is 0 Å². The molecule has 0 fully saturated rings. The van der Waals surface area contributed by atoms with E-state index < -0.39 is 23.9 Å². The van der Waals surface area contributed by atoms with Crippen LogP contribution in [0.15, 0.2) is 54.6 Å². The molecule has 0 aliphatic rings. The molecule has 0 aliphatic heterocycles. The zero-order valence-corrected chi connectivity index (χ0v) is 15.7. The molecule has 0 bridgehead atoms. The van der Waals surface area contributed by atoms with Crippen molar-refractivity contribution >= 4 is 29.3 Å². The molecule has 0 aliphatic carbocycles. The van der Waals surface area contributed by atoms with Gasteiger partial charge >= 0.3 is 0 Å². The molecule has 2 atom stereocenters. The average molecular weight is 388 g/mol. The van der Waals surface area contributed by atoms with Crippen LogP contribution in [0.5, 0.6) is 0 Å². The Morgan fingerprint density at radius 2 is 1.56 bits per heavy atom. The summed E-state index contributed by atoms with van der Waals surface area (Å²) in [6.07, 6.45) is 0.461. The SMILES string of the molecule is CC(=O)N[C@@H](Cc1ccccc1)C(=O)N[C@H](Cc1ccccc1Cl)C(N)=O. The van der Waals surface area contributed by atoms with Crippen LogP contribution in [-0.4, -0.2) is 29.8 Å². The molecule has 0 spiro atoms. The van der Waals surface area contributed by atoms with Crippen LogP contribution >= 0.6 is 11.6 Å². The summed E-state index contributed by atoms with van der Waals surface area (Å²) in [6.45, 7) is 1.33. The Morgan fingerprint density at radius 3 is 2.15 bits per heavy atom. The molecule has 0 aromatic heterocycles. The molecular formula is C20H22ClN3O3.